The van der Waals surface area contributed by atoms with Crippen LogP contribution >= 0.6 is 22.7 Å². The lowest BCUT2D eigenvalue weighted by Gasteiger charge is -2.25. The molecule has 0 fully saturated rings. The Morgan fingerprint density at radius 3 is 3.05 bits per heavy atom. The highest BCUT2D eigenvalue weighted by atomic mass is 32.1. The van der Waals surface area contributed by atoms with E-state index in [1.165, 1.54) is 36.1 Å². The van der Waals surface area contributed by atoms with Crippen LogP contribution in [0.5, 0.6) is 0 Å². The first-order valence-electron chi connectivity index (χ1n) is 7.23. The van der Waals surface area contributed by atoms with Crippen LogP contribution < -0.4 is 5.32 Å². The predicted octanol–water partition coefficient (Wildman–Crippen LogP) is 5.36. The Kier molecular flexibility index (Phi) is 3.49. The summed E-state index contributed by atoms with van der Waals surface area (Å²) in [5, 5.41) is 9.03. The number of thiazole rings is 1. The summed E-state index contributed by atoms with van der Waals surface area (Å²) in [5.41, 5.74) is 3.87. The number of rotatable bonds is 3. The van der Waals surface area contributed by atoms with Crippen LogP contribution in [-0.2, 0) is 6.42 Å². The molecule has 106 valence electrons. The van der Waals surface area contributed by atoms with E-state index in [0.717, 1.165) is 5.01 Å². The molecule has 1 aromatic carbocycles. The van der Waals surface area contributed by atoms with Gasteiger partial charge in [-0.15, -0.1) is 22.7 Å². The van der Waals surface area contributed by atoms with E-state index in [2.05, 4.69) is 46.0 Å². The van der Waals surface area contributed by atoms with Gasteiger partial charge >= 0.3 is 0 Å². The molecule has 1 aliphatic carbocycles. The molecule has 21 heavy (non-hydrogen) atoms. The van der Waals surface area contributed by atoms with Gasteiger partial charge in [0, 0.05) is 27.7 Å². The summed E-state index contributed by atoms with van der Waals surface area (Å²) >= 11 is 3.58. The lowest BCUT2D eigenvalue weighted by Crippen LogP contribution is -2.15. The summed E-state index contributed by atoms with van der Waals surface area (Å²) in [5.74, 6) is 0. The van der Waals surface area contributed by atoms with Crippen molar-refractivity contribution in [3.63, 3.8) is 0 Å². The highest BCUT2D eigenvalue weighted by molar-refractivity contribution is 7.13. The molecule has 1 N–H and O–H groups in total. The van der Waals surface area contributed by atoms with Gasteiger partial charge in [0.15, 0.2) is 0 Å². The maximum absolute atomic E-state index is 4.39. The van der Waals surface area contributed by atoms with Gasteiger partial charge < -0.3 is 5.32 Å². The van der Waals surface area contributed by atoms with Crippen molar-refractivity contribution in [2.45, 2.75) is 25.3 Å². The third kappa shape index (κ3) is 2.61. The van der Waals surface area contributed by atoms with Crippen LogP contribution in [0.3, 0.4) is 0 Å². The van der Waals surface area contributed by atoms with Gasteiger partial charge in [0.1, 0.15) is 5.01 Å². The molecule has 1 unspecified atom stereocenters. The number of anilines is 1. The Labute approximate surface area is 132 Å². The zero-order valence-electron chi connectivity index (χ0n) is 11.6. The van der Waals surface area contributed by atoms with Crippen LogP contribution in [0.4, 0.5) is 5.69 Å². The zero-order valence-corrected chi connectivity index (χ0v) is 13.2. The Bertz CT molecular complexity index is 731. The molecule has 0 amide bonds. The quantitative estimate of drug-likeness (QED) is 0.704. The summed E-state index contributed by atoms with van der Waals surface area (Å²) in [6, 6.07) is 11.3. The van der Waals surface area contributed by atoms with E-state index in [0.29, 0.717) is 6.04 Å². The zero-order chi connectivity index (χ0) is 14.1. The maximum Gasteiger partial charge on any atom is 0.123 e. The number of aromatic nitrogens is 1. The number of nitrogens with one attached hydrogen (secondary N) is 1. The average molecular weight is 312 g/mol. The van der Waals surface area contributed by atoms with Gasteiger partial charge in [0.25, 0.3) is 0 Å². The van der Waals surface area contributed by atoms with Crippen LogP contribution in [0.15, 0.2) is 47.3 Å². The topological polar surface area (TPSA) is 24.9 Å². The lowest BCUT2D eigenvalue weighted by atomic mass is 9.94. The standard InChI is InChI=1S/C17H16N2S2/c1-3-12(17-18-8-10-21-17)11-13(4-1)19-15-5-2-6-16-14(15)7-9-20-16/h1,3-4,7-11,15,19H,2,5-6H2. The molecular weight excluding hydrogens is 296 g/mol. The highest BCUT2D eigenvalue weighted by Gasteiger charge is 2.20. The first-order valence-corrected chi connectivity index (χ1v) is 8.99. The van der Waals surface area contributed by atoms with E-state index in [-0.39, 0.29) is 0 Å². The monoisotopic (exact) mass is 312 g/mol. The highest BCUT2D eigenvalue weighted by Crippen LogP contribution is 2.36. The van der Waals surface area contributed by atoms with E-state index < -0.39 is 0 Å². The first kappa shape index (κ1) is 13.0. The molecule has 4 rings (SSSR count). The van der Waals surface area contributed by atoms with Crippen molar-refractivity contribution in [2.75, 3.05) is 5.32 Å². The molecule has 0 saturated heterocycles. The molecule has 1 aliphatic rings. The number of benzene rings is 1. The number of hydrogen-bond acceptors (Lipinski definition) is 4. The molecule has 0 saturated carbocycles. The van der Waals surface area contributed by atoms with Gasteiger partial charge in [-0.05, 0) is 48.4 Å². The van der Waals surface area contributed by atoms with Crippen molar-refractivity contribution < 1.29 is 0 Å². The van der Waals surface area contributed by atoms with E-state index in [1.54, 1.807) is 16.2 Å². The Balaban J connectivity index is 1.60. The number of nitrogens with zero attached hydrogens (tertiary/aromatic N) is 1. The third-order valence-corrected chi connectivity index (χ3v) is 5.75. The minimum atomic E-state index is 0.451. The molecule has 0 bridgehead atoms. The molecule has 0 aliphatic heterocycles. The van der Waals surface area contributed by atoms with Crippen molar-refractivity contribution >= 4 is 28.4 Å². The summed E-state index contributed by atoms with van der Waals surface area (Å²) < 4.78 is 0. The van der Waals surface area contributed by atoms with E-state index in [9.17, 15) is 0 Å². The SMILES string of the molecule is c1cc(NC2CCCc3sccc32)cc(-c2nccs2)c1. The fourth-order valence-corrected chi connectivity index (χ4v) is 4.57. The van der Waals surface area contributed by atoms with E-state index in [1.807, 2.05) is 22.9 Å². The smallest absolute Gasteiger partial charge is 0.123 e. The minimum Gasteiger partial charge on any atom is -0.378 e. The molecule has 0 spiro atoms. The van der Waals surface area contributed by atoms with Crippen LogP contribution in [0, 0.1) is 0 Å². The summed E-state index contributed by atoms with van der Waals surface area (Å²) in [7, 11) is 0. The fourth-order valence-electron chi connectivity index (χ4n) is 2.95. The van der Waals surface area contributed by atoms with E-state index >= 15 is 0 Å². The lowest BCUT2D eigenvalue weighted by molar-refractivity contribution is 0.609. The van der Waals surface area contributed by atoms with Crippen molar-refractivity contribution in [2.24, 2.45) is 0 Å². The van der Waals surface area contributed by atoms with Crippen molar-refractivity contribution in [3.05, 3.63) is 57.7 Å². The molecule has 2 aromatic heterocycles. The van der Waals surface area contributed by atoms with Crippen molar-refractivity contribution in [1.29, 1.82) is 0 Å². The molecule has 2 nitrogen and oxygen atoms in total. The third-order valence-electron chi connectivity index (χ3n) is 3.93. The van der Waals surface area contributed by atoms with Gasteiger partial charge in [-0.25, -0.2) is 4.98 Å². The number of fused-ring (bicyclic) bond motifs is 1. The largest absolute Gasteiger partial charge is 0.378 e. The molecule has 1 atom stereocenters. The van der Waals surface area contributed by atoms with Crippen molar-refractivity contribution in [1.82, 2.24) is 4.98 Å². The summed E-state index contributed by atoms with van der Waals surface area (Å²) in [4.78, 5) is 5.95. The summed E-state index contributed by atoms with van der Waals surface area (Å²) in [6.45, 7) is 0. The number of thiophene rings is 1. The fraction of sp³-hybridized carbons (Fsp3) is 0.235. The molecule has 4 heteroatoms. The number of hydrogen-bond donors (Lipinski definition) is 1. The van der Waals surface area contributed by atoms with Gasteiger partial charge in [0.05, 0.1) is 6.04 Å². The van der Waals surface area contributed by atoms with E-state index in [4.69, 9.17) is 0 Å². The molecular formula is C17H16N2S2. The normalized spacial score (nSPS) is 17.4. The minimum absolute atomic E-state index is 0.451. The molecule has 0 radical (unpaired) electrons. The van der Waals surface area contributed by atoms with Crippen LogP contribution in [-0.4, -0.2) is 4.98 Å². The van der Waals surface area contributed by atoms with Crippen LogP contribution in [0.2, 0.25) is 0 Å². The second-order valence-electron chi connectivity index (χ2n) is 5.31. The summed E-state index contributed by atoms with van der Waals surface area (Å²) in [6.07, 6.45) is 5.59. The average Bonchev–Trinajstić information content (AvgIpc) is 3.20. The van der Waals surface area contributed by atoms with Gasteiger partial charge in [-0.3, -0.25) is 0 Å². The predicted molar refractivity (Wildman–Crippen MR) is 91.2 cm³/mol. The first-order chi connectivity index (χ1) is 10.4. The number of aryl methyl sites for hydroxylation is 1. The second-order valence-corrected chi connectivity index (χ2v) is 7.20. The van der Waals surface area contributed by atoms with Gasteiger partial charge in [-0.2, -0.15) is 0 Å². The van der Waals surface area contributed by atoms with Gasteiger partial charge in [0.2, 0.25) is 0 Å². The maximum atomic E-state index is 4.39. The Morgan fingerprint density at radius 2 is 2.14 bits per heavy atom. The Morgan fingerprint density at radius 1 is 1.14 bits per heavy atom. The van der Waals surface area contributed by atoms with Gasteiger partial charge in [-0.1, -0.05) is 12.1 Å². The second kappa shape index (κ2) is 5.62. The van der Waals surface area contributed by atoms with Crippen molar-refractivity contribution in [3.8, 4) is 10.6 Å². The Hall–Kier alpha value is -1.65. The molecule has 3 aromatic rings. The molecule has 2 heterocycles. The van der Waals surface area contributed by atoms with Crippen LogP contribution in [0.1, 0.15) is 29.3 Å². The van der Waals surface area contributed by atoms with Crippen LogP contribution in [0.25, 0.3) is 10.6 Å².